The van der Waals surface area contributed by atoms with Crippen molar-refractivity contribution in [1.82, 2.24) is 14.4 Å². The van der Waals surface area contributed by atoms with E-state index in [0.29, 0.717) is 11.7 Å². The fraction of sp³-hybridized carbons (Fsp3) is 0.400. The van der Waals surface area contributed by atoms with E-state index in [1.165, 1.54) is 15.6 Å². The molecule has 0 radical (unpaired) electrons. The Labute approximate surface area is 170 Å². The van der Waals surface area contributed by atoms with Gasteiger partial charge in [0.25, 0.3) is 0 Å². The van der Waals surface area contributed by atoms with Crippen molar-refractivity contribution in [1.29, 1.82) is 0 Å². The van der Waals surface area contributed by atoms with Gasteiger partial charge in [-0.15, -0.1) is 11.3 Å². The second-order valence-corrected chi connectivity index (χ2v) is 10.7. The first-order chi connectivity index (χ1) is 13.1. The Morgan fingerprint density at radius 1 is 1.14 bits per heavy atom. The third-order valence-corrected chi connectivity index (χ3v) is 7.36. The molecule has 0 N–H and O–H groups in total. The maximum atomic E-state index is 13.3. The van der Waals surface area contributed by atoms with Crippen molar-refractivity contribution >= 4 is 21.4 Å². The van der Waals surface area contributed by atoms with E-state index >= 15 is 0 Å². The van der Waals surface area contributed by atoms with Crippen LogP contribution in [0.15, 0.2) is 51.2 Å². The predicted molar refractivity (Wildman–Crippen MR) is 111 cm³/mol. The van der Waals surface area contributed by atoms with Gasteiger partial charge in [0.15, 0.2) is 0 Å². The zero-order valence-corrected chi connectivity index (χ0v) is 18.3. The lowest BCUT2D eigenvalue weighted by Crippen LogP contribution is -2.45. The Balaban J connectivity index is 1.91. The molecule has 28 heavy (non-hydrogen) atoms. The van der Waals surface area contributed by atoms with Gasteiger partial charge in [0.1, 0.15) is 0 Å². The molecule has 0 bridgehead atoms. The van der Waals surface area contributed by atoms with Gasteiger partial charge in [-0.25, -0.2) is 8.42 Å². The minimum Gasteiger partial charge on any atom is -0.337 e. The van der Waals surface area contributed by atoms with E-state index in [1.54, 1.807) is 12.1 Å². The Morgan fingerprint density at radius 2 is 1.82 bits per heavy atom. The van der Waals surface area contributed by atoms with Crippen LogP contribution >= 0.6 is 11.3 Å². The largest absolute Gasteiger partial charge is 0.337 e. The monoisotopic (exact) mass is 419 g/mol. The molecule has 0 atom stereocenters. The van der Waals surface area contributed by atoms with Crippen LogP contribution in [-0.2, 0) is 16.6 Å². The summed E-state index contributed by atoms with van der Waals surface area (Å²) in [5.41, 5.74) is 0.436. The van der Waals surface area contributed by atoms with Crippen LogP contribution in [0.1, 0.15) is 52.0 Å². The number of thiophene rings is 1. The minimum absolute atomic E-state index is 0.0101. The summed E-state index contributed by atoms with van der Waals surface area (Å²) in [6.45, 7) is 9.71. The second kappa shape index (κ2) is 7.77. The van der Waals surface area contributed by atoms with Crippen molar-refractivity contribution in [2.45, 2.75) is 57.5 Å². The summed E-state index contributed by atoms with van der Waals surface area (Å²) in [6.07, 6.45) is 0. The summed E-state index contributed by atoms with van der Waals surface area (Å²) in [7, 11) is -3.74. The molecule has 1 aromatic carbocycles. The summed E-state index contributed by atoms with van der Waals surface area (Å²) >= 11 is 1.50. The molecular formula is C20H25N3O3S2. The van der Waals surface area contributed by atoms with Crippen molar-refractivity contribution in [2.24, 2.45) is 0 Å². The van der Waals surface area contributed by atoms with Crippen molar-refractivity contribution in [2.75, 3.05) is 0 Å². The molecule has 8 heteroatoms. The van der Waals surface area contributed by atoms with Crippen molar-refractivity contribution in [3.05, 3.63) is 53.2 Å². The van der Waals surface area contributed by atoms with Gasteiger partial charge in [-0.1, -0.05) is 37.2 Å². The summed E-state index contributed by atoms with van der Waals surface area (Å²) in [5, 5.41) is 5.91. The molecule has 0 unspecified atom stereocenters. The van der Waals surface area contributed by atoms with Crippen molar-refractivity contribution in [3.63, 3.8) is 0 Å². The van der Waals surface area contributed by atoms with E-state index in [1.807, 2.05) is 50.4 Å². The quantitative estimate of drug-likeness (QED) is 0.567. The van der Waals surface area contributed by atoms with Crippen LogP contribution in [-0.4, -0.2) is 28.4 Å². The Bertz CT molecular complexity index is 1020. The molecule has 2 aromatic heterocycles. The lowest BCUT2D eigenvalue weighted by Gasteiger charge is -2.33. The first-order valence-electron chi connectivity index (χ1n) is 9.08. The maximum absolute atomic E-state index is 13.3. The summed E-state index contributed by atoms with van der Waals surface area (Å²) in [6, 6.07) is 10.8. The van der Waals surface area contributed by atoms with Crippen LogP contribution < -0.4 is 0 Å². The van der Waals surface area contributed by atoms with E-state index in [2.05, 4.69) is 24.0 Å². The Kier molecular flexibility index (Phi) is 5.74. The van der Waals surface area contributed by atoms with Gasteiger partial charge in [-0.2, -0.15) is 9.29 Å². The molecule has 0 fully saturated rings. The molecule has 0 saturated carbocycles. The van der Waals surface area contributed by atoms with E-state index in [-0.39, 0.29) is 17.3 Å². The van der Waals surface area contributed by atoms with Crippen LogP contribution in [0.25, 0.3) is 10.7 Å². The summed E-state index contributed by atoms with van der Waals surface area (Å²) < 4.78 is 33.4. The average Bonchev–Trinajstić information content (AvgIpc) is 3.30. The fourth-order valence-corrected chi connectivity index (χ4v) is 5.17. The highest BCUT2D eigenvalue weighted by atomic mass is 32.2. The zero-order chi connectivity index (χ0) is 20.5. The molecule has 3 rings (SSSR count). The topological polar surface area (TPSA) is 76.3 Å². The normalized spacial score (nSPS) is 12.8. The van der Waals surface area contributed by atoms with Crippen LogP contribution in [0.5, 0.6) is 0 Å². The molecule has 150 valence electrons. The van der Waals surface area contributed by atoms with Gasteiger partial charge in [0.05, 0.1) is 16.3 Å². The van der Waals surface area contributed by atoms with E-state index in [4.69, 9.17) is 4.52 Å². The smallest absolute Gasteiger partial charge is 0.244 e. The molecule has 0 aliphatic carbocycles. The number of hydrogen-bond acceptors (Lipinski definition) is 6. The summed E-state index contributed by atoms with van der Waals surface area (Å²) in [4.78, 5) is 5.51. The third-order valence-electron chi connectivity index (χ3n) is 4.37. The number of rotatable bonds is 6. The molecule has 3 aromatic rings. The average molecular weight is 420 g/mol. The van der Waals surface area contributed by atoms with Gasteiger partial charge in [0, 0.05) is 5.54 Å². The molecule has 0 aliphatic heterocycles. The van der Waals surface area contributed by atoms with Gasteiger partial charge >= 0.3 is 0 Å². The van der Waals surface area contributed by atoms with Gasteiger partial charge in [0.2, 0.25) is 21.7 Å². The molecule has 0 saturated heterocycles. The van der Waals surface area contributed by atoms with E-state index in [0.717, 1.165) is 10.4 Å². The first-order valence-corrected chi connectivity index (χ1v) is 11.4. The van der Waals surface area contributed by atoms with E-state index < -0.39 is 15.6 Å². The number of nitrogens with zero attached hydrogens (tertiary/aromatic N) is 3. The molecule has 0 amide bonds. The van der Waals surface area contributed by atoms with Gasteiger partial charge < -0.3 is 4.52 Å². The van der Waals surface area contributed by atoms with Gasteiger partial charge in [-0.05, 0) is 55.8 Å². The Morgan fingerprint density at radius 3 is 2.36 bits per heavy atom. The molecule has 6 nitrogen and oxygen atoms in total. The predicted octanol–water partition coefficient (Wildman–Crippen LogP) is 4.91. The first kappa shape index (κ1) is 20.7. The number of sulfonamides is 1. The lowest BCUT2D eigenvalue weighted by atomic mass is 10.0. The van der Waals surface area contributed by atoms with Crippen molar-refractivity contribution < 1.29 is 12.9 Å². The third kappa shape index (κ3) is 4.34. The zero-order valence-electron chi connectivity index (χ0n) is 16.7. The number of benzene rings is 1. The van der Waals surface area contributed by atoms with Crippen LogP contribution in [0, 0.1) is 0 Å². The molecule has 0 aliphatic rings. The van der Waals surface area contributed by atoms with Crippen molar-refractivity contribution in [3.8, 4) is 10.7 Å². The SMILES string of the molecule is CC(C)c1ccc(S(=O)(=O)N(Cc2nc(-c3cccs3)no2)C(C)(C)C)cc1. The second-order valence-electron chi connectivity index (χ2n) is 7.90. The van der Waals surface area contributed by atoms with Gasteiger partial charge in [-0.3, -0.25) is 0 Å². The van der Waals surface area contributed by atoms with Crippen LogP contribution in [0.4, 0.5) is 0 Å². The fourth-order valence-electron chi connectivity index (χ4n) is 2.78. The van der Waals surface area contributed by atoms with Crippen LogP contribution in [0.2, 0.25) is 0 Å². The minimum atomic E-state index is -3.74. The van der Waals surface area contributed by atoms with Crippen LogP contribution in [0.3, 0.4) is 0 Å². The Hall–Kier alpha value is -2.03. The number of hydrogen-bond donors (Lipinski definition) is 0. The highest BCUT2D eigenvalue weighted by molar-refractivity contribution is 7.89. The molecule has 2 heterocycles. The van der Waals surface area contributed by atoms with E-state index in [9.17, 15) is 8.42 Å². The standard InChI is InChI=1S/C20H25N3O3S2/c1-14(2)15-8-10-16(11-9-15)28(24,25)23(20(3,4)5)13-18-21-19(22-26-18)17-7-6-12-27-17/h6-12,14H,13H2,1-5H3. The highest BCUT2D eigenvalue weighted by Gasteiger charge is 2.35. The molecular weight excluding hydrogens is 394 g/mol. The molecule has 0 spiro atoms. The maximum Gasteiger partial charge on any atom is 0.244 e. The lowest BCUT2D eigenvalue weighted by molar-refractivity contribution is 0.214. The highest BCUT2D eigenvalue weighted by Crippen LogP contribution is 2.28. The summed E-state index contributed by atoms with van der Waals surface area (Å²) in [5.74, 6) is 1.07. The number of aromatic nitrogens is 2.